The number of hydrogen-bond donors (Lipinski definition) is 2. The van der Waals surface area contributed by atoms with Gasteiger partial charge in [0.25, 0.3) is 0 Å². The van der Waals surface area contributed by atoms with Gasteiger partial charge in [0, 0.05) is 38.3 Å². The van der Waals surface area contributed by atoms with Gasteiger partial charge in [-0.3, -0.25) is 4.99 Å². The standard InChI is InChI=1S/C19H28FN3O.HI/c1-21-18(23-17-4-2-3-5-17)22-14-19(10-12-24-13-11-19)15-6-8-16(20)9-7-15;/h6-9,17H,2-5,10-14H2,1H3,(H2,21,22,23);1H. The highest BCUT2D eigenvalue weighted by molar-refractivity contribution is 14.0. The summed E-state index contributed by atoms with van der Waals surface area (Å²) >= 11 is 0. The zero-order valence-electron chi connectivity index (χ0n) is 14.9. The van der Waals surface area contributed by atoms with Crippen molar-refractivity contribution in [2.75, 3.05) is 26.8 Å². The molecule has 4 nitrogen and oxygen atoms in total. The molecule has 3 rings (SSSR count). The third-order valence-electron chi connectivity index (χ3n) is 5.42. The van der Waals surface area contributed by atoms with Gasteiger partial charge in [-0.2, -0.15) is 0 Å². The summed E-state index contributed by atoms with van der Waals surface area (Å²) in [7, 11) is 1.82. The molecule has 1 saturated carbocycles. The van der Waals surface area contributed by atoms with Gasteiger partial charge < -0.3 is 15.4 Å². The Balaban J connectivity index is 0.00000225. The molecule has 0 unspecified atom stereocenters. The largest absolute Gasteiger partial charge is 0.381 e. The number of halogens is 2. The Kier molecular flexibility index (Phi) is 7.93. The van der Waals surface area contributed by atoms with Crippen LogP contribution in [0.3, 0.4) is 0 Å². The second-order valence-corrected chi connectivity index (χ2v) is 6.95. The highest BCUT2D eigenvalue weighted by Crippen LogP contribution is 2.34. The average Bonchev–Trinajstić information content (AvgIpc) is 3.13. The third kappa shape index (κ3) is 5.29. The van der Waals surface area contributed by atoms with Crippen LogP contribution in [0.5, 0.6) is 0 Å². The van der Waals surface area contributed by atoms with Crippen LogP contribution in [0.15, 0.2) is 29.3 Å². The first-order valence-corrected chi connectivity index (χ1v) is 9.03. The van der Waals surface area contributed by atoms with Gasteiger partial charge in [-0.05, 0) is 43.4 Å². The van der Waals surface area contributed by atoms with Gasteiger partial charge in [0.15, 0.2) is 5.96 Å². The van der Waals surface area contributed by atoms with E-state index in [1.165, 1.54) is 31.2 Å². The zero-order valence-corrected chi connectivity index (χ0v) is 17.2. The van der Waals surface area contributed by atoms with Crippen LogP contribution in [-0.2, 0) is 10.2 Å². The summed E-state index contributed by atoms with van der Waals surface area (Å²) in [6.45, 7) is 2.27. The van der Waals surface area contributed by atoms with Gasteiger partial charge in [0.1, 0.15) is 5.82 Å². The molecule has 140 valence electrons. The number of guanidine groups is 1. The molecule has 0 amide bonds. The van der Waals surface area contributed by atoms with E-state index in [-0.39, 0.29) is 35.2 Å². The normalized spacial score (nSPS) is 20.8. The second kappa shape index (κ2) is 9.71. The van der Waals surface area contributed by atoms with E-state index in [4.69, 9.17) is 4.74 Å². The quantitative estimate of drug-likeness (QED) is 0.409. The van der Waals surface area contributed by atoms with E-state index in [1.807, 2.05) is 19.2 Å². The lowest BCUT2D eigenvalue weighted by Gasteiger charge is -2.38. The molecular weight excluding hydrogens is 432 g/mol. The van der Waals surface area contributed by atoms with Crippen LogP contribution in [0.2, 0.25) is 0 Å². The second-order valence-electron chi connectivity index (χ2n) is 6.95. The Hall–Kier alpha value is -0.890. The molecule has 1 heterocycles. The van der Waals surface area contributed by atoms with Crippen molar-refractivity contribution in [3.8, 4) is 0 Å². The van der Waals surface area contributed by atoms with Crippen molar-refractivity contribution >= 4 is 29.9 Å². The van der Waals surface area contributed by atoms with Gasteiger partial charge >= 0.3 is 0 Å². The number of aliphatic imine (C=N–C) groups is 1. The van der Waals surface area contributed by atoms with E-state index >= 15 is 0 Å². The molecule has 1 aromatic rings. The smallest absolute Gasteiger partial charge is 0.191 e. The molecular formula is C19H29FIN3O. The summed E-state index contributed by atoms with van der Waals surface area (Å²) in [6.07, 6.45) is 6.91. The summed E-state index contributed by atoms with van der Waals surface area (Å²) in [4.78, 5) is 4.38. The van der Waals surface area contributed by atoms with Crippen molar-refractivity contribution in [1.82, 2.24) is 10.6 Å². The minimum Gasteiger partial charge on any atom is -0.381 e. The van der Waals surface area contributed by atoms with Gasteiger partial charge in [0.05, 0.1) is 0 Å². The molecule has 6 heteroatoms. The van der Waals surface area contributed by atoms with Crippen LogP contribution in [0.1, 0.15) is 44.1 Å². The molecule has 0 bridgehead atoms. The molecule has 0 radical (unpaired) electrons. The summed E-state index contributed by atoms with van der Waals surface area (Å²) in [5.41, 5.74) is 1.15. The summed E-state index contributed by atoms with van der Waals surface area (Å²) in [5.74, 6) is 0.683. The Labute approximate surface area is 167 Å². The number of nitrogens with zero attached hydrogens (tertiary/aromatic N) is 1. The molecule has 25 heavy (non-hydrogen) atoms. The molecule has 1 aliphatic heterocycles. The highest BCUT2D eigenvalue weighted by Gasteiger charge is 2.34. The SMILES string of the molecule is CN=C(NCC1(c2ccc(F)cc2)CCOCC1)NC1CCCC1.I. The highest BCUT2D eigenvalue weighted by atomic mass is 127. The number of hydrogen-bond acceptors (Lipinski definition) is 2. The van der Waals surface area contributed by atoms with Crippen LogP contribution >= 0.6 is 24.0 Å². The Morgan fingerprint density at radius 3 is 2.44 bits per heavy atom. The van der Waals surface area contributed by atoms with E-state index in [0.29, 0.717) is 6.04 Å². The molecule has 1 aromatic carbocycles. The zero-order chi connectivity index (χ0) is 16.8. The first-order chi connectivity index (χ1) is 11.7. The van der Waals surface area contributed by atoms with Crippen molar-refractivity contribution < 1.29 is 9.13 Å². The molecule has 2 fully saturated rings. The van der Waals surface area contributed by atoms with Crippen molar-refractivity contribution in [3.63, 3.8) is 0 Å². The van der Waals surface area contributed by atoms with Crippen molar-refractivity contribution in [2.45, 2.75) is 50.0 Å². The summed E-state index contributed by atoms with van der Waals surface area (Å²) < 4.78 is 18.9. The van der Waals surface area contributed by atoms with E-state index in [2.05, 4.69) is 15.6 Å². The van der Waals surface area contributed by atoms with Crippen LogP contribution in [0.25, 0.3) is 0 Å². The van der Waals surface area contributed by atoms with Crippen LogP contribution in [0, 0.1) is 5.82 Å². The summed E-state index contributed by atoms with van der Waals surface area (Å²) in [6, 6.07) is 7.47. The molecule has 1 saturated heterocycles. The first kappa shape index (κ1) is 20.4. The van der Waals surface area contributed by atoms with Crippen molar-refractivity contribution in [3.05, 3.63) is 35.6 Å². The van der Waals surface area contributed by atoms with Crippen molar-refractivity contribution in [1.29, 1.82) is 0 Å². The Bertz CT molecular complexity index is 552. The molecule has 0 atom stereocenters. The van der Waals surface area contributed by atoms with Crippen LogP contribution < -0.4 is 10.6 Å². The van der Waals surface area contributed by atoms with Gasteiger partial charge in [0.2, 0.25) is 0 Å². The molecule has 0 spiro atoms. The third-order valence-corrected chi connectivity index (χ3v) is 5.42. The topological polar surface area (TPSA) is 45.7 Å². The number of nitrogens with one attached hydrogen (secondary N) is 2. The van der Waals surface area contributed by atoms with Crippen LogP contribution in [0.4, 0.5) is 4.39 Å². The maximum Gasteiger partial charge on any atom is 0.191 e. The Morgan fingerprint density at radius 1 is 1.20 bits per heavy atom. The Morgan fingerprint density at radius 2 is 1.84 bits per heavy atom. The van der Waals surface area contributed by atoms with Crippen molar-refractivity contribution in [2.24, 2.45) is 4.99 Å². The first-order valence-electron chi connectivity index (χ1n) is 9.03. The monoisotopic (exact) mass is 461 g/mol. The lowest BCUT2D eigenvalue weighted by atomic mass is 9.74. The fraction of sp³-hybridized carbons (Fsp3) is 0.632. The lowest BCUT2D eigenvalue weighted by Crippen LogP contribution is -2.49. The number of benzene rings is 1. The maximum atomic E-state index is 13.3. The molecule has 0 aromatic heterocycles. The minimum absolute atomic E-state index is 0. The lowest BCUT2D eigenvalue weighted by molar-refractivity contribution is 0.0513. The fourth-order valence-electron chi connectivity index (χ4n) is 3.84. The van der Waals surface area contributed by atoms with E-state index in [1.54, 1.807) is 12.1 Å². The minimum atomic E-state index is -0.187. The predicted octanol–water partition coefficient (Wildman–Crippen LogP) is 3.60. The van der Waals surface area contributed by atoms with Gasteiger partial charge in [-0.25, -0.2) is 4.39 Å². The van der Waals surface area contributed by atoms with E-state index in [0.717, 1.165) is 38.6 Å². The van der Waals surface area contributed by atoms with Crippen LogP contribution in [-0.4, -0.2) is 38.8 Å². The molecule has 1 aliphatic carbocycles. The molecule has 2 N–H and O–H groups in total. The number of ether oxygens (including phenoxy) is 1. The fourth-order valence-corrected chi connectivity index (χ4v) is 3.84. The summed E-state index contributed by atoms with van der Waals surface area (Å²) in [5, 5.41) is 7.04. The van der Waals surface area contributed by atoms with Gasteiger partial charge in [-0.15, -0.1) is 24.0 Å². The predicted molar refractivity (Wildman–Crippen MR) is 110 cm³/mol. The van der Waals surface area contributed by atoms with E-state index < -0.39 is 0 Å². The average molecular weight is 461 g/mol. The molecule has 2 aliphatic rings. The number of rotatable bonds is 4. The van der Waals surface area contributed by atoms with E-state index in [9.17, 15) is 4.39 Å². The maximum absolute atomic E-state index is 13.3. The van der Waals surface area contributed by atoms with Gasteiger partial charge in [-0.1, -0.05) is 25.0 Å².